The van der Waals surface area contributed by atoms with Gasteiger partial charge in [-0.15, -0.1) is 0 Å². The summed E-state index contributed by atoms with van der Waals surface area (Å²) in [7, 11) is 0. The van der Waals surface area contributed by atoms with Gasteiger partial charge in [0.1, 0.15) is 6.04 Å². The summed E-state index contributed by atoms with van der Waals surface area (Å²) < 4.78 is 37.3. The van der Waals surface area contributed by atoms with Crippen LogP contribution in [0.3, 0.4) is 0 Å². The van der Waals surface area contributed by atoms with Gasteiger partial charge in [-0.05, 0) is 24.1 Å². The van der Waals surface area contributed by atoms with Gasteiger partial charge in [-0.2, -0.15) is 13.2 Å². The summed E-state index contributed by atoms with van der Waals surface area (Å²) >= 11 is 0. The lowest BCUT2D eigenvalue weighted by atomic mass is 10.1. The van der Waals surface area contributed by atoms with Gasteiger partial charge in [0.05, 0.1) is 5.56 Å². The van der Waals surface area contributed by atoms with Crippen molar-refractivity contribution in [2.45, 2.75) is 31.6 Å². The van der Waals surface area contributed by atoms with E-state index >= 15 is 0 Å². The molecule has 0 aromatic heterocycles. The average Bonchev–Trinajstić information content (AvgIpc) is 2.71. The van der Waals surface area contributed by atoms with E-state index in [2.05, 4.69) is 0 Å². The fourth-order valence-electron chi connectivity index (χ4n) is 2.22. The number of rotatable bonds is 3. The summed E-state index contributed by atoms with van der Waals surface area (Å²) in [5.41, 5.74) is 4.98. The van der Waals surface area contributed by atoms with Crippen LogP contribution in [-0.2, 0) is 22.3 Å². The number of likely N-dealkylation sites (tertiary alicyclic amines) is 1. The van der Waals surface area contributed by atoms with Crippen LogP contribution in [0.15, 0.2) is 24.3 Å². The van der Waals surface area contributed by atoms with Crippen molar-refractivity contribution in [1.29, 1.82) is 0 Å². The van der Waals surface area contributed by atoms with Gasteiger partial charge in [-0.3, -0.25) is 9.59 Å². The normalized spacial score (nSPS) is 19.4. The van der Waals surface area contributed by atoms with E-state index in [0.717, 1.165) is 12.1 Å². The number of halogens is 3. The highest BCUT2D eigenvalue weighted by Gasteiger charge is 2.35. The Bertz CT molecular complexity index is 525. The van der Waals surface area contributed by atoms with Crippen molar-refractivity contribution in [2.75, 3.05) is 0 Å². The Morgan fingerprint density at radius 1 is 1.30 bits per heavy atom. The number of nitrogens with two attached hydrogens (primary N) is 1. The first-order valence-electron chi connectivity index (χ1n) is 6.04. The van der Waals surface area contributed by atoms with Gasteiger partial charge in [-0.25, -0.2) is 0 Å². The van der Waals surface area contributed by atoms with E-state index in [1.807, 2.05) is 0 Å². The van der Waals surface area contributed by atoms with Crippen LogP contribution in [-0.4, -0.2) is 22.8 Å². The van der Waals surface area contributed by atoms with Crippen molar-refractivity contribution in [2.24, 2.45) is 5.73 Å². The summed E-state index contributed by atoms with van der Waals surface area (Å²) in [6.07, 6.45) is -3.80. The molecule has 0 bridgehead atoms. The lowest BCUT2D eigenvalue weighted by molar-refractivity contribution is -0.137. The molecule has 7 heteroatoms. The fourth-order valence-corrected chi connectivity index (χ4v) is 2.22. The molecule has 0 radical (unpaired) electrons. The minimum Gasteiger partial charge on any atom is -0.368 e. The van der Waals surface area contributed by atoms with E-state index in [1.165, 1.54) is 17.0 Å². The van der Waals surface area contributed by atoms with Crippen LogP contribution in [0.5, 0.6) is 0 Å². The van der Waals surface area contributed by atoms with E-state index in [-0.39, 0.29) is 18.9 Å². The molecule has 1 aromatic rings. The van der Waals surface area contributed by atoms with Crippen molar-refractivity contribution in [3.8, 4) is 0 Å². The third-order valence-corrected chi connectivity index (χ3v) is 3.29. The van der Waals surface area contributed by atoms with Crippen molar-refractivity contribution < 1.29 is 22.8 Å². The highest BCUT2D eigenvalue weighted by molar-refractivity contribution is 5.89. The number of amides is 2. The van der Waals surface area contributed by atoms with Crippen LogP contribution in [0, 0.1) is 0 Å². The number of hydrogen-bond donors (Lipinski definition) is 1. The zero-order valence-corrected chi connectivity index (χ0v) is 10.5. The number of benzene rings is 1. The third kappa shape index (κ3) is 2.92. The molecule has 1 aliphatic heterocycles. The highest BCUT2D eigenvalue weighted by Crippen LogP contribution is 2.29. The van der Waals surface area contributed by atoms with Crippen molar-refractivity contribution in [3.63, 3.8) is 0 Å². The van der Waals surface area contributed by atoms with Crippen LogP contribution in [0.4, 0.5) is 13.2 Å². The van der Waals surface area contributed by atoms with Crippen LogP contribution in [0.2, 0.25) is 0 Å². The molecule has 2 N–H and O–H groups in total. The number of primary amides is 1. The minimum atomic E-state index is -4.39. The maximum Gasteiger partial charge on any atom is 0.416 e. The smallest absolute Gasteiger partial charge is 0.368 e. The van der Waals surface area contributed by atoms with E-state index < -0.39 is 23.7 Å². The summed E-state index contributed by atoms with van der Waals surface area (Å²) in [6.45, 7) is 0.0879. The monoisotopic (exact) mass is 286 g/mol. The van der Waals surface area contributed by atoms with Crippen LogP contribution >= 0.6 is 0 Å². The van der Waals surface area contributed by atoms with E-state index in [4.69, 9.17) is 5.73 Å². The summed E-state index contributed by atoms with van der Waals surface area (Å²) in [6, 6.07) is 3.83. The molecule has 0 aliphatic carbocycles. The van der Waals surface area contributed by atoms with E-state index in [9.17, 15) is 22.8 Å². The van der Waals surface area contributed by atoms with Crippen molar-refractivity contribution >= 4 is 11.8 Å². The standard InChI is InChI=1S/C13H13F3N2O2/c14-13(15,16)9-3-1-8(2-4-9)7-18-10(12(17)20)5-6-11(18)19/h1-4,10H,5-7H2,(H2,17,20)/t10-/m1/s1. The number of carbonyl (C=O) groups excluding carboxylic acids is 2. The molecular weight excluding hydrogens is 273 g/mol. The van der Waals surface area contributed by atoms with E-state index in [1.54, 1.807) is 0 Å². The topological polar surface area (TPSA) is 63.4 Å². The maximum absolute atomic E-state index is 12.4. The maximum atomic E-state index is 12.4. The molecule has 1 saturated heterocycles. The minimum absolute atomic E-state index is 0.0879. The summed E-state index contributed by atoms with van der Waals surface area (Å²) in [4.78, 5) is 24.2. The largest absolute Gasteiger partial charge is 0.416 e. The van der Waals surface area contributed by atoms with E-state index in [0.29, 0.717) is 12.0 Å². The Kier molecular flexibility index (Phi) is 3.69. The average molecular weight is 286 g/mol. The second-order valence-corrected chi connectivity index (χ2v) is 4.67. The predicted octanol–water partition coefficient (Wildman–Crippen LogP) is 1.68. The van der Waals surface area contributed by atoms with Crippen LogP contribution in [0.1, 0.15) is 24.0 Å². The molecule has 1 fully saturated rings. The number of alkyl halides is 3. The van der Waals surface area contributed by atoms with Gasteiger partial charge in [0.15, 0.2) is 0 Å². The molecule has 2 rings (SSSR count). The molecule has 0 unspecified atom stereocenters. The van der Waals surface area contributed by atoms with Crippen LogP contribution < -0.4 is 5.73 Å². The first kappa shape index (κ1) is 14.4. The van der Waals surface area contributed by atoms with Crippen molar-refractivity contribution in [3.05, 3.63) is 35.4 Å². The van der Waals surface area contributed by atoms with Gasteiger partial charge in [0.2, 0.25) is 11.8 Å². The Balaban J connectivity index is 2.13. The molecular formula is C13H13F3N2O2. The predicted molar refractivity (Wildman–Crippen MR) is 64.2 cm³/mol. The van der Waals surface area contributed by atoms with Gasteiger partial charge in [0.25, 0.3) is 0 Å². The Hall–Kier alpha value is -2.05. The van der Waals surface area contributed by atoms with Gasteiger partial charge in [0, 0.05) is 13.0 Å². The number of hydrogen-bond acceptors (Lipinski definition) is 2. The Labute approximate surface area is 113 Å². The SMILES string of the molecule is NC(=O)[C@H]1CCC(=O)N1Cc1ccc(C(F)(F)F)cc1. The lowest BCUT2D eigenvalue weighted by Gasteiger charge is -2.22. The first-order valence-corrected chi connectivity index (χ1v) is 6.04. The molecule has 0 saturated carbocycles. The second-order valence-electron chi connectivity index (χ2n) is 4.67. The molecule has 1 heterocycles. The lowest BCUT2D eigenvalue weighted by Crippen LogP contribution is -2.41. The molecule has 4 nitrogen and oxygen atoms in total. The van der Waals surface area contributed by atoms with Crippen LogP contribution in [0.25, 0.3) is 0 Å². The Morgan fingerprint density at radius 2 is 1.90 bits per heavy atom. The molecule has 1 aromatic carbocycles. The number of carbonyl (C=O) groups is 2. The second kappa shape index (κ2) is 5.15. The molecule has 1 atom stereocenters. The van der Waals surface area contributed by atoms with Gasteiger partial charge in [-0.1, -0.05) is 12.1 Å². The van der Waals surface area contributed by atoms with Crippen molar-refractivity contribution in [1.82, 2.24) is 4.90 Å². The molecule has 108 valence electrons. The Morgan fingerprint density at radius 3 is 2.40 bits per heavy atom. The molecule has 2 amide bonds. The van der Waals surface area contributed by atoms with Gasteiger partial charge < -0.3 is 10.6 Å². The molecule has 20 heavy (non-hydrogen) atoms. The highest BCUT2D eigenvalue weighted by atomic mass is 19.4. The molecule has 1 aliphatic rings. The summed E-state index contributed by atoms with van der Waals surface area (Å²) in [5, 5.41) is 0. The number of nitrogens with zero attached hydrogens (tertiary/aromatic N) is 1. The zero-order chi connectivity index (χ0) is 14.9. The fraction of sp³-hybridized carbons (Fsp3) is 0.385. The van der Waals surface area contributed by atoms with Gasteiger partial charge >= 0.3 is 6.18 Å². The molecule has 0 spiro atoms. The summed E-state index contributed by atoms with van der Waals surface area (Å²) in [5.74, 6) is -0.809. The quantitative estimate of drug-likeness (QED) is 0.919. The first-order chi connectivity index (χ1) is 9.29. The zero-order valence-electron chi connectivity index (χ0n) is 10.5. The third-order valence-electron chi connectivity index (χ3n) is 3.29.